The minimum absolute atomic E-state index is 0.00843. The smallest absolute Gasteiger partial charge is 0.149 e. The number of aromatic nitrogens is 5. The van der Waals surface area contributed by atoms with Crippen molar-refractivity contribution in [2.75, 3.05) is 12.0 Å². The molecule has 1 fully saturated rings. The highest BCUT2D eigenvalue weighted by Crippen LogP contribution is 2.69. The molecule has 0 N–H and O–H groups in total. The molecular formula is C28H27F2N5O2S. The van der Waals surface area contributed by atoms with Crippen molar-refractivity contribution >= 4 is 9.84 Å². The van der Waals surface area contributed by atoms with E-state index < -0.39 is 26.9 Å². The van der Waals surface area contributed by atoms with Crippen LogP contribution in [-0.4, -0.2) is 45.4 Å². The summed E-state index contributed by atoms with van der Waals surface area (Å²) >= 11 is 0. The Bertz CT molecular complexity index is 1660. The molecule has 0 amide bonds. The Hall–Kier alpha value is -3.53. The van der Waals surface area contributed by atoms with Gasteiger partial charge in [0.15, 0.2) is 0 Å². The lowest BCUT2D eigenvalue weighted by molar-refractivity contribution is 0.243. The minimum atomic E-state index is -3.10. The Morgan fingerprint density at radius 1 is 1.05 bits per heavy atom. The lowest BCUT2D eigenvalue weighted by atomic mass is 9.66. The van der Waals surface area contributed by atoms with Gasteiger partial charge in [-0.15, -0.1) is 5.10 Å². The molecule has 4 aromatic rings. The summed E-state index contributed by atoms with van der Waals surface area (Å²) in [6.45, 7) is 4.67. The second-order valence-corrected chi connectivity index (χ2v) is 13.1. The zero-order valence-electron chi connectivity index (χ0n) is 21.3. The van der Waals surface area contributed by atoms with Gasteiger partial charge in [0.25, 0.3) is 0 Å². The van der Waals surface area contributed by atoms with E-state index in [-0.39, 0.29) is 34.9 Å². The maximum atomic E-state index is 14.5. The van der Waals surface area contributed by atoms with Crippen LogP contribution >= 0.6 is 0 Å². The number of pyridine rings is 1. The summed E-state index contributed by atoms with van der Waals surface area (Å²) in [7, 11) is -3.10. The summed E-state index contributed by atoms with van der Waals surface area (Å²) in [4.78, 5) is 5.06. The first kappa shape index (κ1) is 24.8. The van der Waals surface area contributed by atoms with Gasteiger partial charge in [-0.2, -0.15) is 10.2 Å². The molecular weight excluding hydrogens is 508 g/mol. The molecule has 0 saturated heterocycles. The molecule has 0 spiro atoms. The molecule has 7 nitrogen and oxygen atoms in total. The van der Waals surface area contributed by atoms with E-state index in [0.29, 0.717) is 0 Å². The van der Waals surface area contributed by atoms with Gasteiger partial charge in [0.2, 0.25) is 0 Å². The number of hydrogen-bond donors (Lipinski definition) is 0. The van der Waals surface area contributed by atoms with Gasteiger partial charge < -0.3 is 0 Å². The molecule has 0 aliphatic heterocycles. The molecule has 2 aliphatic rings. The Morgan fingerprint density at radius 3 is 2.53 bits per heavy atom. The Morgan fingerprint density at radius 2 is 1.79 bits per heavy atom. The van der Waals surface area contributed by atoms with Gasteiger partial charge in [0, 0.05) is 18.0 Å². The molecule has 1 aromatic carbocycles. The molecule has 2 bridgehead atoms. The third-order valence-electron chi connectivity index (χ3n) is 8.41. The van der Waals surface area contributed by atoms with Crippen LogP contribution in [0.4, 0.5) is 8.78 Å². The normalized spacial score (nSPS) is 21.6. The predicted molar refractivity (Wildman–Crippen MR) is 139 cm³/mol. The third-order valence-corrected chi connectivity index (χ3v) is 9.33. The predicted octanol–water partition coefficient (Wildman–Crippen LogP) is 4.93. The van der Waals surface area contributed by atoms with E-state index in [1.807, 2.05) is 18.2 Å². The van der Waals surface area contributed by atoms with Crippen molar-refractivity contribution in [3.05, 3.63) is 83.4 Å². The fourth-order valence-electron chi connectivity index (χ4n) is 6.47. The van der Waals surface area contributed by atoms with Crippen molar-refractivity contribution in [3.63, 3.8) is 0 Å². The van der Waals surface area contributed by atoms with Gasteiger partial charge >= 0.3 is 0 Å². The quantitative estimate of drug-likeness (QED) is 0.348. The van der Waals surface area contributed by atoms with Gasteiger partial charge in [-0.3, -0.25) is 9.67 Å². The average molecular weight is 536 g/mol. The molecule has 6 rings (SSSR count). The van der Waals surface area contributed by atoms with E-state index >= 15 is 0 Å². The second-order valence-electron chi connectivity index (χ2n) is 10.9. The van der Waals surface area contributed by atoms with Crippen molar-refractivity contribution in [3.8, 4) is 22.5 Å². The SMILES string of the molecule is CC1(C)[C@H]2CC[C@@]1(c1cccc(-c3cnn(CCS(C)(=O)=O)c3)n1)c1nnc(-c3c(F)cccc3F)cc12. The van der Waals surface area contributed by atoms with E-state index in [0.717, 1.165) is 41.1 Å². The Balaban J connectivity index is 1.41. The lowest BCUT2D eigenvalue weighted by Crippen LogP contribution is -2.37. The molecule has 3 aromatic heterocycles. The van der Waals surface area contributed by atoms with Crippen molar-refractivity contribution in [2.45, 2.75) is 44.6 Å². The van der Waals surface area contributed by atoms with Crippen molar-refractivity contribution in [1.82, 2.24) is 25.0 Å². The topological polar surface area (TPSA) is 90.6 Å². The monoisotopic (exact) mass is 535 g/mol. The average Bonchev–Trinajstić information content (AvgIpc) is 3.50. The summed E-state index contributed by atoms with van der Waals surface area (Å²) in [5, 5.41) is 13.2. The summed E-state index contributed by atoms with van der Waals surface area (Å²) in [6.07, 6.45) is 6.43. The number of hydrogen-bond acceptors (Lipinski definition) is 6. The van der Waals surface area contributed by atoms with Gasteiger partial charge in [-0.25, -0.2) is 17.2 Å². The van der Waals surface area contributed by atoms with Crippen LogP contribution in [0.3, 0.4) is 0 Å². The van der Waals surface area contributed by atoms with Crippen LogP contribution in [0.2, 0.25) is 0 Å². The van der Waals surface area contributed by atoms with Crippen LogP contribution < -0.4 is 0 Å². The highest BCUT2D eigenvalue weighted by molar-refractivity contribution is 7.90. The number of halogens is 2. The fourth-order valence-corrected chi connectivity index (χ4v) is 6.99. The van der Waals surface area contributed by atoms with Crippen LogP contribution in [0.25, 0.3) is 22.5 Å². The lowest BCUT2D eigenvalue weighted by Gasteiger charge is -2.37. The largest absolute Gasteiger partial charge is 0.271 e. The standard InChI is InChI=1S/C28H27F2N5O2S/c1-27(2)19-10-11-28(27,26-18(19)14-23(33-34-26)25-20(29)6-4-7-21(25)30)24-9-5-8-22(32-24)17-15-31-35(16-17)12-13-38(3,36)37/h4-9,14-16,19H,10-13H2,1-3H3/t19-,28+/m0/s1. The van der Waals surface area contributed by atoms with Crippen molar-refractivity contribution in [1.29, 1.82) is 0 Å². The summed E-state index contributed by atoms with van der Waals surface area (Å²) in [5.41, 5.74) is 3.45. The first-order valence-corrected chi connectivity index (χ1v) is 14.6. The van der Waals surface area contributed by atoms with E-state index in [4.69, 9.17) is 4.98 Å². The van der Waals surface area contributed by atoms with Crippen LogP contribution in [0.5, 0.6) is 0 Å². The molecule has 2 aliphatic carbocycles. The Labute approximate surface area is 219 Å². The minimum Gasteiger partial charge on any atom is -0.271 e. The molecule has 10 heteroatoms. The van der Waals surface area contributed by atoms with Gasteiger partial charge in [0.1, 0.15) is 21.5 Å². The van der Waals surface area contributed by atoms with Crippen LogP contribution in [0, 0.1) is 17.0 Å². The highest BCUT2D eigenvalue weighted by Gasteiger charge is 2.65. The molecule has 0 radical (unpaired) electrons. The molecule has 0 unspecified atom stereocenters. The van der Waals surface area contributed by atoms with Crippen LogP contribution in [0.1, 0.15) is 49.6 Å². The zero-order chi connectivity index (χ0) is 26.9. The molecule has 1 saturated carbocycles. The highest BCUT2D eigenvalue weighted by atomic mass is 32.2. The summed E-state index contributed by atoms with van der Waals surface area (Å²) in [5.74, 6) is -1.18. The Kier molecular flexibility index (Phi) is 5.54. The second kappa shape index (κ2) is 8.49. The fraction of sp³-hybridized carbons (Fsp3) is 0.357. The third kappa shape index (κ3) is 3.68. The van der Waals surface area contributed by atoms with Crippen molar-refractivity contribution < 1.29 is 17.2 Å². The number of sulfone groups is 1. The molecule has 3 heterocycles. The van der Waals surface area contributed by atoms with Gasteiger partial charge in [0.05, 0.1) is 52.2 Å². The van der Waals surface area contributed by atoms with E-state index in [9.17, 15) is 17.2 Å². The van der Waals surface area contributed by atoms with Crippen LogP contribution in [0.15, 0.2) is 54.9 Å². The number of benzene rings is 1. The summed E-state index contributed by atoms with van der Waals surface area (Å²) in [6, 6.07) is 11.5. The zero-order valence-corrected chi connectivity index (χ0v) is 22.1. The van der Waals surface area contributed by atoms with Crippen molar-refractivity contribution in [2.24, 2.45) is 5.41 Å². The van der Waals surface area contributed by atoms with E-state index in [1.165, 1.54) is 24.5 Å². The maximum Gasteiger partial charge on any atom is 0.149 e. The molecule has 2 atom stereocenters. The van der Waals surface area contributed by atoms with Gasteiger partial charge in [-0.1, -0.05) is 26.0 Å². The first-order valence-electron chi connectivity index (χ1n) is 12.5. The number of aryl methyl sites for hydroxylation is 1. The number of rotatable bonds is 6. The molecule has 196 valence electrons. The number of nitrogens with zero attached hydrogens (tertiary/aromatic N) is 5. The first-order chi connectivity index (χ1) is 18.0. The molecule has 38 heavy (non-hydrogen) atoms. The summed E-state index contributed by atoms with van der Waals surface area (Å²) < 4.78 is 53.7. The number of fused-ring (bicyclic) bond motifs is 5. The van der Waals surface area contributed by atoms with Gasteiger partial charge in [-0.05, 0) is 60.1 Å². The van der Waals surface area contributed by atoms with E-state index in [2.05, 4.69) is 29.1 Å². The maximum absolute atomic E-state index is 14.5. The van der Waals surface area contributed by atoms with E-state index in [1.54, 1.807) is 23.1 Å². The van der Waals surface area contributed by atoms with Crippen LogP contribution in [-0.2, 0) is 21.8 Å².